The summed E-state index contributed by atoms with van der Waals surface area (Å²) in [5, 5.41) is 13.0. The monoisotopic (exact) mass is 326 g/mol. The molecule has 2 aromatic rings. The Balaban J connectivity index is 2.48. The quantitative estimate of drug-likeness (QED) is 0.900. The zero-order valence-electron chi connectivity index (χ0n) is 10.3. The Morgan fingerprint density at radius 2 is 2.21 bits per heavy atom. The smallest absolute Gasteiger partial charge is 0.339 e. The number of aromatic carboxylic acids is 1. The van der Waals surface area contributed by atoms with Gasteiger partial charge in [-0.05, 0) is 22.9 Å². The Morgan fingerprint density at radius 3 is 2.84 bits per heavy atom. The lowest BCUT2D eigenvalue weighted by Crippen LogP contribution is -2.24. The van der Waals surface area contributed by atoms with Gasteiger partial charge in [0.2, 0.25) is 0 Å². The van der Waals surface area contributed by atoms with Gasteiger partial charge in [-0.15, -0.1) is 0 Å². The van der Waals surface area contributed by atoms with Crippen LogP contribution in [-0.4, -0.2) is 30.4 Å². The first-order chi connectivity index (χ1) is 8.91. The van der Waals surface area contributed by atoms with E-state index in [0.717, 1.165) is 0 Å². The Kier molecular flexibility index (Phi) is 3.52. The lowest BCUT2D eigenvalue weighted by atomic mass is 10.2. The molecule has 0 saturated carbocycles. The number of hydrogen-bond donors (Lipinski definition) is 1. The Morgan fingerprint density at radius 1 is 1.53 bits per heavy atom. The molecule has 7 nitrogen and oxygen atoms in total. The number of carboxylic acid groups (broad SMARTS) is 1. The summed E-state index contributed by atoms with van der Waals surface area (Å²) in [5.41, 5.74) is 0.841. The van der Waals surface area contributed by atoms with Crippen molar-refractivity contribution in [3.8, 4) is 0 Å². The second-order valence-corrected chi connectivity index (χ2v) is 4.80. The normalized spacial score (nSPS) is 10.7. The highest BCUT2D eigenvalue weighted by atomic mass is 79.9. The Bertz CT molecular complexity index is 704. The summed E-state index contributed by atoms with van der Waals surface area (Å²) in [6, 6.07) is 0. The lowest BCUT2D eigenvalue weighted by molar-refractivity contribution is 0.0695. The molecule has 0 amide bonds. The predicted octanol–water partition coefficient (Wildman–Crippen LogP) is 0.794. The summed E-state index contributed by atoms with van der Waals surface area (Å²) in [6.45, 7) is 1.81. The van der Waals surface area contributed by atoms with Crippen molar-refractivity contribution in [3.63, 3.8) is 0 Å². The zero-order chi connectivity index (χ0) is 14.2. The predicted molar refractivity (Wildman–Crippen MR) is 70.2 cm³/mol. The number of rotatable bonds is 3. The highest BCUT2D eigenvalue weighted by molar-refractivity contribution is 9.10. The van der Waals surface area contributed by atoms with Crippen molar-refractivity contribution in [1.29, 1.82) is 0 Å². The van der Waals surface area contributed by atoms with Crippen LogP contribution in [0.25, 0.3) is 0 Å². The fourth-order valence-corrected chi connectivity index (χ4v) is 1.98. The van der Waals surface area contributed by atoms with Crippen molar-refractivity contribution in [2.75, 3.05) is 0 Å². The third kappa shape index (κ3) is 2.43. The van der Waals surface area contributed by atoms with E-state index in [-0.39, 0.29) is 17.7 Å². The summed E-state index contributed by atoms with van der Waals surface area (Å²) in [6.07, 6.45) is 2.65. The molecule has 100 valence electrons. The molecule has 0 unspecified atom stereocenters. The molecule has 19 heavy (non-hydrogen) atoms. The molecule has 0 aromatic carbocycles. The summed E-state index contributed by atoms with van der Waals surface area (Å²) in [4.78, 5) is 27.1. The maximum Gasteiger partial charge on any atom is 0.339 e. The molecule has 2 aromatic heterocycles. The van der Waals surface area contributed by atoms with E-state index in [1.165, 1.54) is 21.8 Å². The van der Waals surface area contributed by atoms with E-state index in [9.17, 15) is 9.59 Å². The SMILES string of the molecule is Cc1ncn(Cc2c(C(=O)O)cnn2C)c(=O)c1Br. The van der Waals surface area contributed by atoms with Crippen molar-refractivity contribution < 1.29 is 9.90 Å². The summed E-state index contributed by atoms with van der Waals surface area (Å²) in [7, 11) is 1.63. The van der Waals surface area contributed by atoms with Crippen molar-refractivity contribution in [2.24, 2.45) is 7.05 Å². The van der Waals surface area contributed by atoms with Crippen LogP contribution >= 0.6 is 15.9 Å². The van der Waals surface area contributed by atoms with Gasteiger partial charge in [-0.2, -0.15) is 5.10 Å². The second kappa shape index (κ2) is 4.96. The fourth-order valence-electron chi connectivity index (χ4n) is 1.65. The molecule has 1 N–H and O–H groups in total. The summed E-state index contributed by atoms with van der Waals surface area (Å²) < 4.78 is 3.14. The summed E-state index contributed by atoms with van der Waals surface area (Å²) in [5.74, 6) is -1.07. The third-order valence-corrected chi connectivity index (χ3v) is 3.68. The van der Waals surface area contributed by atoms with Crippen LogP contribution in [-0.2, 0) is 13.6 Å². The first-order valence-corrected chi connectivity index (χ1v) is 6.16. The minimum Gasteiger partial charge on any atom is -0.478 e. The molecular formula is C11H11BrN4O3. The molecular weight excluding hydrogens is 316 g/mol. The van der Waals surface area contributed by atoms with Crippen LogP contribution in [0, 0.1) is 6.92 Å². The molecule has 0 atom stereocenters. The number of nitrogens with zero attached hydrogens (tertiary/aromatic N) is 4. The number of carbonyl (C=O) groups is 1. The average molecular weight is 327 g/mol. The van der Waals surface area contributed by atoms with Crippen LogP contribution in [0.4, 0.5) is 0 Å². The first-order valence-electron chi connectivity index (χ1n) is 5.37. The van der Waals surface area contributed by atoms with Gasteiger partial charge in [0.25, 0.3) is 5.56 Å². The molecule has 0 radical (unpaired) electrons. The fraction of sp³-hybridized carbons (Fsp3) is 0.273. The van der Waals surface area contributed by atoms with Crippen molar-refractivity contribution >= 4 is 21.9 Å². The van der Waals surface area contributed by atoms with Crippen LogP contribution in [0.2, 0.25) is 0 Å². The van der Waals surface area contributed by atoms with Crippen LogP contribution in [0.15, 0.2) is 21.8 Å². The van der Waals surface area contributed by atoms with Gasteiger partial charge in [0.1, 0.15) is 10.0 Å². The average Bonchev–Trinajstić information content (AvgIpc) is 2.72. The Hall–Kier alpha value is -1.96. The Labute approximate surface area is 116 Å². The minimum atomic E-state index is -1.07. The van der Waals surface area contributed by atoms with Gasteiger partial charge in [-0.3, -0.25) is 14.0 Å². The molecule has 8 heteroatoms. The van der Waals surface area contributed by atoms with Gasteiger partial charge in [-0.1, -0.05) is 0 Å². The third-order valence-electron chi connectivity index (χ3n) is 2.77. The van der Waals surface area contributed by atoms with E-state index in [4.69, 9.17) is 5.11 Å². The number of halogens is 1. The highest BCUT2D eigenvalue weighted by Gasteiger charge is 2.16. The van der Waals surface area contributed by atoms with Gasteiger partial charge in [0.05, 0.1) is 30.5 Å². The lowest BCUT2D eigenvalue weighted by Gasteiger charge is -2.08. The zero-order valence-corrected chi connectivity index (χ0v) is 11.9. The maximum atomic E-state index is 12.0. The van der Waals surface area contributed by atoms with E-state index in [1.54, 1.807) is 14.0 Å². The number of carboxylic acids is 1. The molecule has 0 aliphatic carbocycles. The van der Waals surface area contributed by atoms with Gasteiger partial charge < -0.3 is 5.11 Å². The van der Waals surface area contributed by atoms with Crippen LogP contribution in [0.1, 0.15) is 21.7 Å². The number of hydrogen-bond acceptors (Lipinski definition) is 4. The standard InChI is InChI=1S/C11H11BrN4O3/c1-6-9(12)10(17)16(5-13-6)4-8-7(11(18)19)3-14-15(8)2/h3,5H,4H2,1-2H3,(H,18,19). The van der Waals surface area contributed by atoms with Crippen molar-refractivity contribution in [3.05, 3.63) is 44.3 Å². The molecule has 0 saturated heterocycles. The van der Waals surface area contributed by atoms with E-state index >= 15 is 0 Å². The molecule has 2 heterocycles. The summed E-state index contributed by atoms with van der Waals surface area (Å²) >= 11 is 3.17. The van der Waals surface area contributed by atoms with Crippen molar-refractivity contribution in [1.82, 2.24) is 19.3 Å². The largest absolute Gasteiger partial charge is 0.478 e. The van der Waals surface area contributed by atoms with Gasteiger partial charge >= 0.3 is 5.97 Å². The van der Waals surface area contributed by atoms with E-state index in [0.29, 0.717) is 15.9 Å². The maximum absolute atomic E-state index is 12.0. The van der Waals surface area contributed by atoms with Crippen LogP contribution in [0.5, 0.6) is 0 Å². The topological polar surface area (TPSA) is 90.0 Å². The van der Waals surface area contributed by atoms with Gasteiger partial charge in [0.15, 0.2) is 0 Å². The van der Waals surface area contributed by atoms with Gasteiger partial charge in [0, 0.05) is 7.05 Å². The van der Waals surface area contributed by atoms with E-state index in [1.807, 2.05) is 0 Å². The highest BCUT2D eigenvalue weighted by Crippen LogP contribution is 2.11. The number of aryl methyl sites for hydroxylation is 2. The molecule has 0 fully saturated rings. The van der Waals surface area contributed by atoms with Crippen LogP contribution in [0.3, 0.4) is 0 Å². The first kappa shape index (κ1) is 13.5. The molecule has 2 rings (SSSR count). The van der Waals surface area contributed by atoms with Crippen molar-refractivity contribution in [2.45, 2.75) is 13.5 Å². The molecule has 0 aliphatic rings. The molecule has 0 aliphatic heterocycles. The second-order valence-electron chi connectivity index (χ2n) is 4.01. The van der Waals surface area contributed by atoms with Crippen LogP contribution < -0.4 is 5.56 Å². The van der Waals surface area contributed by atoms with E-state index in [2.05, 4.69) is 26.0 Å². The number of aromatic nitrogens is 4. The molecule has 0 bridgehead atoms. The van der Waals surface area contributed by atoms with E-state index < -0.39 is 5.97 Å². The van der Waals surface area contributed by atoms with Gasteiger partial charge in [-0.25, -0.2) is 9.78 Å². The molecule has 0 spiro atoms. The minimum absolute atomic E-state index is 0.0751.